The maximum absolute atomic E-state index is 14.0. The lowest BCUT2D eigenvalue weighted by atomic mass is 9.92. The fourth-order valence-electron chi connectivity index (χ4n) is 3.84. The van der Waals surface area contributed by atoms with Gasteiger partial charge in [-0.1, -0.05) is 62.6 Å². The van der Waals surface area contributed by atoms with E-state index in [-0.39, 0.29) is 24.4 Å². The number of unbranched alkanes of at least 4 members (excludes halogenated alkanes) is 3. The van der Waals surface area contributed by atoms with Crippen LogP contribution in [0.1, 0.15) is 56.2 Å². The van der Waals surface area contributed by atoms with Crippen LogP contribution in [0.4, 0.5) is 13.2 Å². The molecule has 0 unspecified atom stereocenters. The van der Waals surface area contributed by atoms with Gasteiger partial charge < -0.3 is 0 Å². The second-order valence-corrected chi connectivity index (χ2v) is 7.10. The highest BCUT2D eigenvalue weighted by molar-refractivity contribution is 5.89. The van der Waals surface area contributed by atoms with Crippen LogP contribution in [-0.4, -0.2) is 23.6 Å². The predicted octanol–water partition coefficient (Wildman–Crippen LogP) is 5.30. The third-order valence-corrected chi connectivity index (χ3v) is 5.09. The molecule has 3 nitrogen and oxygen atoms in total. The molecule has 1 heterocycles. The van der Waals surface area contributed by atoms with E-state index in [2.05, 4.69) is 12.3 Å². The van der Waals surface area contributed by atoms with Gasteiger partial charge in [-0.15, -0.1) is 0 Å². The van der Waals surface area contributed by atoms with Gasteiger partial charge in [0, 0.05) is 13.0 Å². The second kappa shape index (κ2) is 8.30. The lowest BCUT2D eigenvalue weighted by molar-refractivity contribution is -0.190. The monoisotopic (exact) mass is 378 g/mol. The molecule has 1 fully saturated rings. The molecule has 0 saturated carbocycles. The van der Waals surface area contributed by atoms with E-state index in [1.54, 1.807) is 12.1 Å². The van der Waals surface area contributed by atoms with Gasteiger partial charge in [-0.2, -0.15) is 13.2 Å². The summed E-state index contributed by atoms with van der Waals surface area (Å²) in [6.45, 7) is 2.19. The maximum atomic E-state index is 14.0. The summed E-state index contributed by atoms with van der Waals surface area (Å²) >= 11 is 0. The van der Waals surface area contributed by atoms with Crippen molar-refractivity contribution in [3.8, 4) is 0 Å². The number of carbonyl (C=O) groups is 1. The lowest BCUT2D eigenvalue weighted by Crippen LogP contribution is -2.43. The van der Waals surface area contributed by atoms with Gasteiger partial charge in [0.15, 0.2) is 6.04 Å². The minimum atomic E-state index is -4.48. The molecule has 0 radical (unpaired) electrons. The van der Waals surface area contributed by atoms with Crippen LogP contribution in [0.5, 0.6) is 0 Å². The second-order valence-electron chi connectivity index (χ2n) is 7.10. The quantitative estimate of drug-likeness (QED) is 0.663. The van der Waals surface area contributed by atoms with Gasteiger partial charge >= 0.3 is 6.18 Å². The van der Waals surface area contributed by atoms with Gasteiger partial charge in [0.1, 0.15) is 0 Å². The molecule has 1 atom stereocenters. The molecule has 1 amide bonds. The molecule has 0 spiro atoms. The van der Waals surface area contributed by atoms with E-state index in [0.29, 0.717) is 5.39 Å². The number of rotatable bonds is 7. The number of nitrogens with one attached hydrogen (secondary N) is 1. The van der Waals surface area contributed by atoms with Gasteiger partial charge in [0.25, 0.3) is 0 Å². The van der Waals surface area contributed by atoms with E-state index in [4.69, 9.17) is 0 Å². The summed E-state index contributed by atoms with van der Waals surface area (Å²) in [5.74, 6) is -0.371. The summed E-state index contributed by atoms with van der Waals surface area (Å²) in [5.41, 5.74) is 3.54. The number of aryl methyl sites for hydroxylation is 1. The van der Waals surface area contributed by atoms with Crippen LogP contribution in [0.25, 0.3) is 10.8 Å². The standard InChI is InChI=1S/C21H25F3N2O/c1-2-3-4-5-8-15-9-6-10-16-11-7-12-17(19(15)16)20(21(22,23)24)26-14-13-18(27)25-26/h6-7,9-12,20H,2-5,8,13-14H2,1H3,(H,25,27)/t20-/m0/s1. The van der Waals surface area contributed by atoms with Crippen molar-refractivity contribution >= 4 is 16.7 Å². The normalized spacial score (nSPS) is 16.7. The third-order valence-electron chi connectivity index (χ3n) is 5.09. The molecule has 1 aliphatic heterocycles. The molecule has 1 saturated heterocycles. The summed E-state index contributed by atoms with van der Waals surface area (Å²) < 4.78 is 42.0. The fourth-order valence-corrected chi connectivity index (χ4v) is 3.84. The van der Waals surface area contributed by atoms with Crippen LogP contribution >= 0.6 is 0 Å². The molecular weight excluding hydrogens is 353 g/mol. The van der Waals surface area contributed by atoms with Gasteiger partial charge in [-0.25, -0.2) is 5.01 Å². The van der Waals surface area contributed by atoms with Crippen LogP contribution in [0.3, 0.4) is 0 Å². The van der Waals surface area contributed by atoms with E-state index in [1.165, 1.54) is 0 Å². The van der Waals surface area contributed by atoms with E-state index in [1.807, 2.05) is 24.3 Å². The Bertz CT molecular complexity index is 798. The average Bonchev–Trinajstić information content (AvgIpc) is 3.03. The number of hydrogen-bond acceptors (Lipinski definition) is 2. The first kappa shape index (κ1) is 19.7. The Balaban J connectivity index is 2.04. The molecule has 0 bridgehead atoms. The van der Waals surface area contributed by atoms with Crippen LogP contribution in [-0.2, 0) is 11.2 Å². The lowest BCUT2D eigenvalue weighted by Gasteiger charge is -2.30. The first-order valence-corrected chi connectivity index (χ1v) is 9.55. The van der Waals surface area contributed by atoms with Crippen LogP contribution < -0.4 is 5.43 Å². The van der Waals surface area contributed by atoms with Crippen molar-refractivity contribution in [2.45, 2.75) is 57.7 Å². The number of halogens is 3. The number of alkyl halides is 3. The van der Waals surface area contributed by atoms with Gasteiger partial charge in [-0.05, 0) is 34.7 Å². The van der Waals surface area contributed by atoms with Gasteiger partial charge in [-0.3, -0.25) is 10.2 Å². The van der Waals surface area contributed by atoms with Crippen LogP contribution in [0.15, 0.2) is 36.4 Å². The van der Waals surface area contributed by atoms with Crippen molar-refractivity contribution in [3.05, 3.63) is 47.5 Å². The predicted molar refractivity (Wildman–Crippen MR) is 100 cm³/mol. The van der Waals surface area contributed by atoms with E-state index < -0.39 is 12.2 Å². The zero-order valence-electron chi connectivity index (χ0n) is 15.5. The minimum absolute atomic E-state index is 0.0536. The summed E-state index contributed by atoms with van der Waals surface area (Å²) in [4.78, 5) is 11.5. The first-order valence-electron chi connectivity index (χ1n) is 9.55. The number of hydrazine groups is 1. The number of hydrogen-bond donors (Lipinski definition) is 1. The Kier molecular flexibility index (Phi) is 6.05. The zero-order valence-corrected chi connectivity index (χ0v) is 15.5. The Hall–Kier alpha value is -2.08. The number of fused-ring (bicyclic) bond motifs is 1. The first-order chi connectivity index (χ1) is 12.9. The van der Waals surface area contributed by atoms with Crippen LogP contribution in [0, 0.1) is 0 Å². The number of benzene rings is 2. The highest BCUT2D eigenvalue weighted by atomic mass is 19.4. The van der Waals surface area contributed by atoms with Crippen molar-refractivity contribution in [1.82, 2.24) is 10.4 Å². The number of amides is 1. The zero-order chi connectivity index (χ0) is 19.4. The molecule has 0 aliphatic carbocycles. The van der Waals surface area contributed by atoms with Crippen molar-refractivity contribution in [1.29, 1.82) is 0 Å². The minimum Gasteiger partial charge on any atom is -0.288 e. The van der Waals surface area contributed by atoms with Crippen LogP contribution in [0.2, 0.25) is 0 Å². The molecule has 146 valence electrons. The number of nitrogens with zero attached hydrogens (tertiary/aromatic N) is 1. The summed E-state index contributed by atoms with van der Waals surface area (Å²) in [6, 6.07) is 8.89. The highest BCUT2D eigenvalue weighted by Gasteiger charge is 2.47. The van der Waals surface area contributed by atoms with E-state index in [9.17, 15) is 18.0 Å². The third kappa shape index (κ3) is 4.43. The molecule has 2 aromatic rings. The maximum Gasteiger partial charge on any atom is 0.409 e. The SMILES string of the molecule is CCCCCCc1cccc2cccc([C@H](N3CCC(=O)N3)C(F)(F)F)c12. The molecule has 2 aromatic carbocycles. The molecule has 0 aromatic heterocycles. The topological polar surface area (TPSA) is 32.3 Å². The molecule has 27 heavy (non-hydrogen) atoms. The van der Waals surface area contributed by atoms with Gasteiger partial charge in [0.2, 0.25) is 5.91 Å². The van der Waals surface area contributed by atoms with Crippen molar-refractivity contribution in [3.63, 3.8) is 0 Å². The number of carbonyl (C=O) groups excluding carboxylic acids is 1. The molecule has 1 aliphatic rings. The van der Waals surface area contributed by atoms with E-state index in [0.717, 1.165) is 48.1 Å². The molecular formula is C21H25F3N2O. The largest absolute Gasteiger partial charge is 0.409 e. The van der Waals surface area contributed by atoms with Crippen molar-refractivity contribution in [2.24, 2.45) is 0 Å². The Morgan fingerprint density at radius 1 is 1.11 bits per heavy atom. The molecule has 1 N–H and O–H groups in total. The Morgan fingerprint density at radius 3 is 2.48 bits per heavy atom. The smallest absolute Gasteiger partial charge is 0.288 e. The average molecular weight is 378 g/mol. The molecule has 3 rings (SSSR count). The summed E-state index contributed by atoms with van der Waals surface area (Å²) in [6.07, 6.45) is 0.625. The highest BCUT2D eigenvalue weighted by Crippen LogP contribution is 2.41. The van der Waals surface area contributed by atoms with Crippen molar-refractivity contribution < 1.29 is 18.0 Å². The Labute approximate surface area is 157 Å². The van der Waals surface area contributed by atoms with Gasteiger partial charge in [0.05, 0.1) is 0 Å². The molecule has 6 heteroatoms. The summed E-state index contributed by atoms with van der Waals surface area (Å²) in [7, 11) is 0. The fraction of sp³-hybridized carbons (Fsp3) is 0.476. The Morgan fingerprint density at radius 2 is 1.85 bits per heavy atom. The van der Waals surface area contributed by atoms with E-state index >= 15 is 0 Å². The summed E-state index contributed by atoms with van der Waals surface area (Å²) in [5, 5.41) is 2.51. The van der Waals surface area contributed by atoms with Crippen molar-refractivity contribution in [2.75, 3.05) is 6.54 Å².